The molecule has 0 spiro atoms. The lowest BCUT2D eigenvalue weighted by Gasteiger charge is -2.61. The van der Waals surface area contributed by atoms with Crippen LogP contribution in [-0.2, 0) is 5.54 Å². The van der Waals surface area contributed by atoms with Crippen LogP contribution in [0.15, 0.2) is 35.1 Å². The maximum Gasteiger partial charge on any atom is 0.323 e. The van der Waals surface area contributed by atoms with Crippen LogP contribution in [0.4, 0.5) is 10.5 Å². The molecule has 2 aliphatic rings. The van der Waals surface area contributed by atoms with Crippen molar-refractivity contribution in [1.82, 2.24) is 30.2 Å². The number of urea groups is 1. The number of aromatic nitrogens is 5. The van der Waals surface area contributed by atoms with Gasteiger partial charge in [0.25, 0.3) is 5.89 Å². The standard InChI is InChI=1S/C21H23N7O2/c1-12-8-16-11-21(10-12,19-24-14(3)27-30-19)28(16)20(29)25-15-5-4-13(2)17(9-15)18-22-6-7-23-26-18/h4-7,9,12,16H,8,10-11H2,1-3H3,(H,25,29). The third-order valence-electron chi connectivity index (χ3n) is 6.12. The molecule has 1 saturated heterocycles. The van der Waals surface area contributed by atoms with Crippen molar-refractivity contribution in [3.8, 4) is 11.4 Å². The Balaban J connectivity index is 1.43. The second kappa shape index (κ2) is 6.86. The molecule has 2 bridgehead atoms. The molecule has 2 aromatic heterocycles. The Morgan fingerprint density at radius 3 is 2.87 bits per heavy atom. The SMILES string of the molecule is Cc1noc(C23CC(C)CC(C2)N3C(=O)Nc2ccc(C)c(-c3nccnn3)c2)n1. The quantitative estimate of drug-likeness (QED) is 0.710. The molecule has 5 rings (SSSR count). The van der Waals surface area contributed by atoms with Crippen molar-refractivity contribution in [1.29, 1.82) is 0 Å². The van der Waals surface area contributed by atoms with E-state index < -0.39 is 5.54 Å². The molecule has 3 atom stereocenters. The average molecular weight is 405 g/mol. The number of fused-ring (bicyclic) bond motifs is 2. The van der Waals surface area contributed by atoms with Gasteiger partial charge in [-0.1, -0.05) is 18.1 Å². The molecule has 2 amide bonds. The molecule has 1 saturated carbocycles. The summed E-state index contributed by atoms with van der Waals surface area (Å²) >= 11 is 0. The van der Waals surface area contributed by atoms with Gasteiger partial charge in [0, 0.05) is 29.9 Å². The topological polar surface area (TPSA) is 110 Å². The van der Waals surface area contributed by atoms with E-state index >= 15 is 0 Å². The zero-order valence-corrected chi connectivity index (χ0v) is 17.2. The lowest BCUT2D eigenvalue weighted by Crippen LogP contribution is -2.70. The first-order valence-corrected chi connectivity index (χ1v) is 10.1. The fourth-order valence-electron chi connectivity index (χ4n) is 4.93. The van der Waals surface area contributed by atoms with Crippen molar-refractivity contribution >= 4 is 11.7 Å². The number of hydrogen-bond donors (Lipinski definition) is 1. The van der Waals surface area contributed by atoms with Gasteiger partial charge in [0.1, 0.15) is 5.54 Å². The monoisotopic (exact) mass is 405 g/mol. The highest BCUT2D eigenvalue weighted by molar-refractivity contribution is 5.91. The summed E-state index contributed by atoms with van der Waals surface area (Å²) in [7, 11) is 0. The molecular formula is C21H23N7O2. The fraction of sp³-hybridized carbons (Fsp3) is 0.429. The summed E-state index contributed by atoms with van der Waals surface area (Å²) in [5.41, 5.74) is 2.00. The number of likely N-dealkylation sites (tertiary alicyclic amines) is 1. The van der Waals surface area contributed by atoms with Crippen LogP contribution >= 0.6 is 0 Å². The first-order chi connectivity index (χ1) is 14.5. The number of nitrogens with zero attached hydrogens (tertiary/aromatic N) is 6. The lowest BCUT2D eigenvalue weighted by molar-refractivity contribution is -0.111. The zero-order valence-electron chi connectivity index (χ0n) is 17.2. The minimum Gasteiger partial charge on any atom is -0.337 e. The first-order valence-electron chi connectivity index (χ1n) is 10.1. The summed E-state index contributed by atoms with van der Waals surface area (Å²) in [5.74, 6) is 2.14. The number of aryl methyl sites for hydroxylation is 2. The van der Waals surface area contributed by atoms with Crippen molar-refractivity contribution in [3.05, 3.63) is 47.9 Å². The van der Waals surface area contributed by atoms with E-state index in [4.69, 9.17) is 4.52 Å². The number of carbonyl (C=O) groups excluding carboxylic acids is 1. The molecule has 1 N–H and O–H groups in total. The van der Waals surface area contributed by atoms with E-state index in [1.807, 2.05) is 30.0 Å². The molecular weight excluding hydrogens is 382 g/mol. The number of carbonyl (C=O) groups is 1. The van der Waals surface area contributed by atoms with Crippen LogP contribution in [0, 0.1) is 19.8 Å². The van der Waals surface area contributed by atoms with Gasteiger partial charge in [-0.3, -0.25) is 0 Å². The summed E-state index contributed by atoms with van der Waals surface area (Å²) in [4.78, 5) is 23.9. The molecule has 0 radical (unpaired) electrons. The van der Waals surface area contributed by atoms with E-state index in [9.17, 15) is 4.79 Å². The molecule has 1 aliphatic carbocycles. The Labute approximate surface area is 173 Å². The van der Waals surface area contributed by atoms with Crippen LogP contribution in [0.3, 0.4) is 0 Å². The number of nitrogens with one attached hydrogen (secondary N) is 1. The summed E-state index contributed by atoms with van der Waals surface area (Å²) in [6, 6.07) is 5.72. The van der Waals surface area contributed by atoms with Gasteiger partial charge < -0.3 is 14.7 Å². The van der Waals surface area contributed by atoms with Crippen LogP contribution < -0.4 is 5.32 Å². The van der Waals surface area contributed by atoms with Crippen LogP contribution in [0.25, 0.3) is 11.4 Å². The third-order valence-corrected chi connectivity index (χ3v) is 6.12. The highest BCUT2D eigenvalue weighted by Crippen LogP contribution is 2.55. The number of rotatable bonds is 3. The molecule has 1 aliphatic heterocycles. The largest absolute Gasteiger partial charge is 0.337 e. The Hall–Kier alpha value is -3.36. The Morgan fingerprint density at radius 1 is 1.27 bits per heavy atom. The summed E-state index contributed by atoms with van der Waals surface area (Å²) < 4.78 is 5.51. The molecule has 3 aromatic rings. The zero-order chi connectivity index (χ0) is 20.9. The van der Waals surface area contributed by atoms with E-state index in [0.717, 1.165) is 30.4 Å². The highest BCUT2D eigenvalue weighted by atomic mass is 16.5. The molecule has 3 unspecified atom stereocenters. The molecule has 3 heterocycles. The summed E-state index contributed by atoms with van der Waals surface area (Å²) in [6.07, 6.45) is 5.79. The van der Waals surface area contributed by atoms with Gasteiger partial charge in [0.05, 0.1) is 6.20 Å². The summed E-state index contributed by atoms with van der Waals surface area (Å²) in [5, 5.41) is 15.0. The first kappa shape index (κ1) is 18.7. The minimum atomic E-state index is -0.520. The molecule has 9 nitrogen and oxygen atoms in total. The Bertz CT molecular complexity index is 1100. The van der Waals surface area contributed by atoms with Gasteiger partial charge in [-0.05, 0) is 50.3 Å². The van der Waals surface area contributed by atoms with Crippen molar-refractivity contribution in [3.63, 3.8) is 0 Å². The van der Waals surface area contributed by atoms with E-state index in [0.29, 0.717) is 29.1 Å². The fourth-order valence-corrected chi connectivity index (χ4v) is 4.93. The molecule has 2 fully saturated rings. The smallest absolute Gasteiger partial charge is 0.323 e. The second-order valence-electron chi connectivity index (χ2n) is 8.38. The van der Waals surface area contributed by atoms with E-state index in [1.54, 1.807) is 13.1 Å². The molecule has 9 heteroatoms. The number of anilines is 1. The lowest BCUT2D eigenvalue weighted by atomic mass is 9.64. The number of amides is 2. The van der Waals surface area contributed by atoms with Crippen molar-refractivity contribution in [2.24, 2.45) is 5.92 Å². The van der Waals surface area contributed by atoms with Gasteiger partial charge >= 0.3 is 6.03 Å². The van der Waals surface area contributed by atoms with Gasteiger partial charge in [-0.15, -0.1) is 5.10 Å². The molecule has 1 aromatic carbocycles. The maximum atomic E-state index is 13.3. The van der Waals surface area contributed by atoms with E-state index in [1.165, 1.54) is 6.20 Å². The van der Waals surface area contributed by atoms with Crippen LogP contribution in [0.5, 0.6) is 0 Å². The number of piperidine rings is 1. The number of benzene rings is 1. The van der Waals surface area contributed by atoms with Crippen molar-refractivity contribution < 1.29 is 9.32 Å². The Morgan fingerprint density at radius 2 is 2.13 bits per heavy atom. The van der Waals surface area contributed by atoms with Crippen LogP contribution in [0.1, 0.15) is 43.5 Å². The predicted molar refractivity (Wildman–Crippen MR) is 108 cm³/mol. The maximum absolute atomic E-state index is 13.3. The van der Waals surface area contributed by atoms with Crippen LogP contribution in [-0.4, -0.2) is 42.3 Å². The Kier molecular flexibility index (Phi) is 4.27. The number of hydrogen-bond acceptors (Lipinski definition) is 7. The highest BCUT2D eigenvalue weighted by Gasteiger charge is 2.62. The average Bonchev–Trinajstić information content (AvgIpc) is 3.16. The van der Waals surface area contributed by atoms with Crippen molar-refractivity contribution in [2.75, 3.05) is 5.32 Å². The molecule has 154 valence electrons. The predicted octanol–water partition coefficient (Wildman–Crippen LogP) is 3.47. The van der Waals surface area contributed by atoms with Crippen LogP contribution in [0.2, 0.25) is 0 Å². The van der Waals surface area contributed by atoms with Gasteiger partial charge in [0.15, 0.2) is 11.6 Å². The van der Waals surface area contributed by atoms with Gasteiger partial charge in [0.2, 0.25) is 0 Å². The normalized spacial score (nSPS) is 25.0. The second-order valence-corrected chi connectivity index (χ2v) is 8.38. The molecule has 30 heavy (non-hydrogen) atoms. The van der Waals surface area contributed by atoms with Crippen molar-refractivity contribution in [2.45, 2.75) is 51.6 Å². The third kappa shape index (κ3) is 2.92. The van der Waals surface area contributed by atoms with Gasteiger partial charge in [-0.25, -0.2) is 9.78 Å². The van der Waals surface area contributed by atoms with E-state index in [-0.39, 0.29) is 12.1 Å². The minimum absolute atomic E-state index is 0.157. The summed E-state index contributed by atoms with van der Waals surface area (Å²) in [6.45, 7) is 5.98. The van der Waals surface area contributed by atoms with Gasteiger partial charge in [-0.2, -0.15) is 10.1 Å². The van der Waals surface area contributed by atoms with E-state index in [2.05, 4.69) is 37.6 Å².